The van der Waals surface area contributed by atoms with Crippen LogP contribution in [0.15, 0.2) is 4.99 Å². The van der Waals surface area contributed by atoms with Crippen molar-refractivity contribution in [2.45, 2.75) is 52.6 Å². The Bertz CT molecular complexity index is 263. The minimum Gasteiger partial charge on any atom is -0.370 e. The number of hydrogen-bond acceptors (Lipinski definition) is 2. The maximum Gasteiger partial charge on any atom is 0.191 e. The predicted molar refractivity (Wildman–Crippen MR) is 74.3 cm³/mol. The lowest BCUT2D eigenvalue weighted by atomic mass is 10.1. The van der Waals surface area contributed by atoms with E-state index in [-0.39, 0.29) is 5.54 Å². The van der Waals surface area contributed by atoms with Gasteiger partial charge in [0.2, 0.25) is 0 Å². The fourth-order valence-corrected chi connectivity index (χ4v) is 2.40. The summed E-state index contributed by atoms with van der Waals surface area (Å²) in [6, 6.07) is 0.638. The van der Waals surface area contributed by atoms with Gasteiger partial charge in [0, 0.05) is 19.1 Å². The summed E-state index contributed by atoms with van der Waals surface area (Å²) in [6.45, 7) is 15.0. The first kappa shape index (κ1) is 14.3. The van der Waals surface area contributed by atoms with Gasteiger partial charge in [-0.15, -0.1) is 0 Å². The summed E-state index contributed by atoms with van der Waals surface area (Å²) in [6.07, 6.45) is 1.20. The SMILES string of the molecule is CCN(CC)C1CCN(C(N)=NC(C)(C)C)C1. The third-order valence-electron chi connectivity index (χ3n) is 3.27. The van der Waals surface area contributed by atoms with Crippen LogP contribution in [0, 0.1) is 0 Å². The largest absolute Gasteiger partial charge is 0.370 e. The zero-order chi connectivity index (χ0) is 13.1. The van der Waals surface area contributed by atoms with E-state index in [1.54, 1.807) is 0 Å². The Morgan fingerprint density at radius 2 is 1.94 bits per heavy atom. The quantitative estimate of drug-likeness (QED) is 0.601. The Balaban J connectivity index is 2.58. The number of guanidine groups is 1. The van der Waals surface area contributed by atoms with Gasteiger partial charge in [-0.25, -0.2) is 4.99 Å². The van der Waals surface area contributed by atoms with E-state index in [1.165, 1.54) is 6.42 Å². The molecule has 2 N–H and O–H groups in total. The minimum atomic E-state index is -0.0859. The van der Waals surface area contributed by atoms with E-state index < -0.39 is 0 Å². The van der Waals surface area contributed by atoms with Crippen molar-refractivity contribution in [3.05, 3.63) is 0 Å². The van der Waals surface area contributed by atoms with Crippen molar-refractivity contribution in [1.82, 2.24) is 9.80 Å². The van der Waals surface area contributed by atoms with Crippen LogP contribution in [-0.2, 0) is 0 Å². The zero-order valence-electron chi connectivity index (χ0n) is 12.0. The molecule has 0 bridgehead atoms. The summed E-state index contributed by atoms with van der Waals surface area (Å²) in [5.41, 5.74) is 5.98. The molecule has 0 amide bonds. The van der Waals surface area contributed by atoms with Crippen molar-refractivity contribution in [3.63, 3.8) is 0 Å². The van der Waals surface area contributed by atoms with Crippen LogP contribution in [0.3, 0.4) is 0 Å². The van der Waals surface area contributed by atoms with E-state index in [1.807, 2.05) is 0 Å². The van der Waals surface area contributed by atoms with Gasteiger partial charge in [0.15, 0.2) is 5.96 Å². The first-order valence-electron chi connectivity index (χ1n) is 6.71. The highest BCUT2D eigenvalue weighted by Gasteiger charge is 2.27. The fourth-order valence-electron chi connectivity index (χ4n) is 2.40. The van der Waals surface area contributed by atoms with Gasteiger partial charge < -0.3 is 10.6 Å². The Labute approximate surface area is 106 Å². The van der Waals surface area contributed by atoms with E-state index in [9.17, 15) is 0 Å². The maximum absolute atomic E-state index is 6.07. The van der Waals surface area contributed by atoms with Gasteiger partial charge in [-0.05, 0) is 40.3 Å². The lowest BCUT2D eigenvalue weighted by Gasteiger charge is -2.27. The molecule has 1 fully saturated rings. The average molecular weight is 240 g/mol. The van der Waals surface area contributed by atoms with E-state index >= 15 is 0 Å². The Hall–Kier alpha value is -0.770. The standard InChI is InChI=1S/C13H28N4/c1-6-16(7-2)11-8-9-17(10-11)12(14)15-13(3,4)5/h11H,6-10H2,1-5H3,(H2,14,15). The van der Waals surface area contributed by atoms with Gasteiger partial charge in [-0.1, -0.05) is 13.8 Å². The maximum atomic E-state index is 6.07. The summed E-state index contributed by atoms with van der Waals surface area (Å²) >= 11 is 0. The molecule has 1 rings (SSSR count). The highest BCUT2D eigenvalue weighted by Crippen LogP contribution is 2.16. The Morgan fingerprint density at radius 1 is 1.35 bits per heavy atom. The molecule has 0 aromatic heterocycles. The van der Waals surface area contributed by atoms with Crippen molar-refractivity contribution < 1.29 is 0 Å². The molecule has 0 aliphatic carbocycles. The van der Waals surface area contributed by atoms with Crippen molar-refractivity contribution in [1.29, 1.82) is 0 Å². The molecule has 17 heavy (non-hydrogen) atoms. The zero-order valence-corrected chi connectivity index (χ0v) is 12.0. The third-order valence-corrected chi connectivity index (χ3v) is 3.27. The molecule has 4 heteroatoms. The number of likely N-dealkylation sites (N-methyl/N-ethyl adjacent to an activating group) is 1. The first-order chi connectivity index (χ1) is 7.87. The second-order valence-electron chi connectivity index (χ2n) is 5.75. The van der Waals surface area contributed by atoms with E-state index in [0.29, 0.717) is 12.0 Å². The average Bonchev–Trinajstić information content (AvgIpc) is 2.66. The molecule has 4 nitrogen and oxygen atoms in total. The topological polar surface area (TPSA) is 44.9 Å². The predicted octanol–water partition coefficient (Wildman–Crippen LogP) is 1.52. The Kier molecular flexibility index (Phi) is 4.80. The number of aliphatic imine (C=N–C) groups is 1. The van der Waals surface area contributed by atoms with Crippen molar-refractivity contribution in [3.8, 4) is 0 Å². The van der Waals surface area contributed by atoms with Crippen molar-refractivity contribution in [2.75, 3.05) is 26.2 Å². The molecule has 0 saturated carbocycles. The van der Waals surface area contributed by atoms with E-state index in [0.717, 1.165) is 26.2 Å². The van der Waals surface area contributed by atoms with Crippen molar-refractivity contribution >= 4 is 5.96 Å². The first-order valence-corrected chi connectivity index (χ1v) is 6.71. The summed E-state index contributed by atoms with van der Waals surface area (Å²) in [5.74, 6) is 0.701. The molecular weight excluding hydrogens is 212 g/mol. The highest BCUT2D eigenvalue weighted by molar-refractivity contribution is 5.78. The lowest BCUT2D eigenvalue weighted by molar-refractivity contribution is 0.223. The Morgan fingerprint density at radius 3 is 2.41 bits per heavy atom. The van der Waals surface area contributed by atoms with Gasteiger partial charge in [0.1, 0.15) is 0 Å². The fraction of sp³-hybridized carbons (Fsp3) is 0.923. The van der Waals surface area contributed by atoms with Crippen LogP contribution in [0.25, 0.3) is 0 Å². The van der Waals surface area contributed by atoms with Gasteiger partial charge in [-0.3, -0.25) is 4.90 Å². The van der Waals surface area contributed by atoms with Crippen LogP contribution in [0.5, 0.6) is 0 Å². The number of hydrogen-bond donors (Lipinski definition) is 1. The summed E-state index contributed by atoms with van der Waals surface area (Å²) in [5, 5.41) is 0. The summed E-state index contributed by atoms with van der Waals surface area (Å²) in [7, 11) is 0. The molecule has 1 saturated heterocycles. The molecule has 1 unspecified atom stereocenters. The molecule has 1 aliphatic heterocycles. The molecule has 1 atom stereocenters. The van der Waals surface area contributed by atoms with Crippen LogP contribution in [-0.4, -0.2) is 53.5 Å². The highest BCUT2D eigenvalue weighted by atomic mass is 15.3. The molecule has 0 aromatic rings. The molecular formula is C13H28N4. The van der Waals surface area contributed by atoms with Gasteiger partial charge in [0.05, 0.1) is 5.54 Å². The van der Waals surface area contributed by atoms with Crippen LogP contribution in [0.2, 0.25) is 0 Å². The molecule has 1 heterocycles. The second kappa shape index (κ2) is 5.71. The number of nitrogens with zero attached hydrogens (tertiary/aromatic N) is 3. The van der Waals surface area contributed by atoms with E-state index in [2.05, 4.69) is 49.4 Å². The number of rotatable bonds is 3. The molecule has 100 valence electrons. The van der Waals surface area contributed by atoms with Crippen LogP contribution in [0.4, 0.5) is 0 Å². The van der Waals surface area contributed by atoms with Crippen LogP contribution < -0.4 is 5.73 Å². The molecule has 1 aliphatic rings. The van der Waals surface area contributed by atoms with Gasteiger partial charge in [0.25, 0.3) is 0 Å². The van der Waals surface area contributed by atoms with Crippen LogP contribution >= 0.6 is 0 Å². The summed E-state index contributed by atoms with van der Waals surface area (Å²) in [4.78, 5) is 9.26. The smallest absolute Gasteiger partial charge is 0.191 e. The second-order valence-corrected chi connectivity index (χ2v) is 5.75. The van der Waals surface area contributed by atoms with E-state index in [4.69, 9.17) is 5.73 Å². The molecule has 0 radical (unpaired) electrons. The minimum absolute atomic E-state index is 0.0859. The summed E-state index contributed by atoms with van der Waals surface area (Å²) < 4.78 is 0. The van der Waals surface area contributed by atoms with Gasteiger partial charge in [-0.2, -0.15) is 0 Å². The third kappa shape index (κ3) is 4.19. The molecule has 0 aromatic carbocycles. The normalized spacial score (nSPS) is 22.6. The van der Waals surface area contributed by atoms with Gasteiger partial charge >= 0.3 is 0 Å². The molecule has 0 spiro atoms. The van der Waals surface area contributed by atoms with Crippen molar-refractivity contribution in [2.24, 2.45) is 10.7 Å². The monoisotopic (exact) mass is 240 g/mol. The number of nitrogens with two attached hydrogens (primary N) is 1. The number of likely N-dealkylation sites (tertiary alicyclic amines) is 1. The lowest BCUT2D eigenvalue weighted by Crippen LogP contribution is -2.41. The van der Waals surface area contributed by atoms with Crippen LogP contribution in [0.1, 0.15) is 41.0 Å².